The molecule has 1 aromatic carbocycles. The molecule has 0 saturated carbocycles. The van der Waals surface area contributed by atoms with E-state index in [1.165, 1.54) is 0 Å². The largest absolute Gasteiger partial charge is 0.497 e. The third-order valence-corrected chi connectivity index (χ3v) is 6.26. The standard InChI is InChI=1S/C25H26N4O3/c1-17-20(11-14-32-17)25(30)28-13-12-27(2)23(16-28)21-15-29-22(5-4-6-24(29)26-21)18-7-9-19(31-3)10-8-18/h4-11,14-15,23H,12-13,16H2,1-3H3. The number of fused-ring (bicyclic) bond motifs is 1. The summed E-state index contributed by atoms with van der Waals surface area (Å²) in [6.45, 7) is 3.87. The zero-order chi connectivity index (χ0) is 22.2. The molecule has 0 aliphatic carbocycles. The minimum Gasteiger partial charge on any atom is -0.497 e. The molecule has 1 amide bonds. The predicted octanol–water partition coefficient (Wildman–Crippen LogP) is 4.04. The van der Waals surface area contributed by atoms with Crippen molar-refractivity contribution in [3.63, 3.8) is 0 Å². The summed E-state index contributed by atoms with van der Waals surface area (Å²) in [7, 11) is 3.75. The summed E-state index contributed by atoms with van der Waals surface area (Å²) in [5.41, 5.74) is 4.62. The first kappa shape index (κ1) is 20.3. The van der Waals surface area contributed by atoms with Crippen molar-refractivity contribution in [3.8, 4) is 17.0 Å². The average molecular weight is 431 g/mol. The van der Waals surface area contributed by atoms with Crippen molar-refractivity contribution in [1.82, 2.24) is 19.2 Å². The Morgan fingerprint density at radius 2 is 1.94 bits per heavy atom. The molecule has 5 rings (SSSR count). The van der Waals surface area contributed by atoms with Gasteiger partial charge in [0.2, 0.25) is 0 Å². The molecule has 4 aromatic rings. The number of carbonyl (C=O) groups excluding carboxylic acids is 1. The SMILES string of the molecule is COc1ccc(-c2cccc3nc(C4CN(C(=O)c5ccoc5C)CCN4C)cn23)cc1. The second-order valence-corrected chi connectivity index (χ2v) is 8.17. The normalized spacial score (nSPS) is 17.1. The van der Waals surface area contributed by atoms with Crippen molar-refractivity contribution in [1.29, 1.82) is 0 Å². The quantitative estimate of drug-likeness (QED) is 0.489. The van der Waals surface area contributed by atoms with Crippen LogP contribution in [0.5, 0.6) is 5.75 Å². The van der Waals surface area contributed by atoms with Gasteiger partial charge in [-0.3, -0.25) is 14.1 Å². The van der Waals surface area contributed by atoms with E-state index in [0.29, 0.717) is 24.4 Å². The van der Waals surface area contributed by atoms with Crippen LogP contribution < -0.4 is 4.74 Å². The molecule has 1 aliphatic heterocycles. The first-order valence-corrected chi connectivity index (χ1v) is 10.7. The highest BCUT2D eigenvalue weighted by Crippen LogP contribution is 2.28. The molecule has 1 fully saturated rings. The Labute approximate surface area is 186 Å². The van der Waals surface area contributed by atoms with E-state index in [2.05, 4.69) is 28.6 Å². The Kier molecular flexibility index (Phi) is 5.19. The van der Waals surface area contributed by atoms with E-state index in [1.807, 2.05) is 48.2 Å². The summed E-state index contributed by atoms with van der Waals surface area (Å²) in [4.78, 5) is 22.1. The smallest absolute Gasteiger partial charge is 0.257 e. The molecule has 1 unspecified atom stereocenters. The molecule has 0 spiro atoms. The summed E-state index contributed by atoms with van der Waals surface area (Å²) < 4.78 is 12.7. The van der Waals surface area contributed by atoms with Crippen LogP contribution in [-0.4, -0.2) is 58.9 Å². The lowest BCUT2D eigenvalue weighted by molar-refractivity contribution is 0.0539. The van der Waals surface area contributed by atoms with Crippen LogP contribution >= 0.6 is 0 Å². The average Bonchev–Trinajstić information content (AvgIpc) is 3.45. The number of imidazole rings is 1. The van der Waals surface area contributed by atoms with E-state index in [1.54, 1.807) is 19.4 Å². The molecule has 164 valence electrons. The number of likely N-dealkylation sites (N-methyl/N-ethyl adjacent to an activating group) is 1. The summed E-state index contributed by atoms with van der Waals surface area (Å²) >= 11 is 0. The Morgan fingerprint density at radius 3 is 2.66 bits per heavy atom. The fraction of sp³-hybridized carbons (Fsp3) is 0.280. The predicted molar refractivity (Wildman–Crippen MR) is 122 cm³/mol. The van der Waals surface area contributed by atoms with Gasteiger partial charge in [-0.15, -0.1) is 0 Å². The fourth-order valence-corrected chi connectivity index (χ4v) is 4.34. The highest BCUT2D eigenvalue weighted by molar-refractivity contribution is 5.95. The number of furan rings is 1. The number of benzene rings is 1. The highest BCUT2D eigenvalue weighted by atomic mass is 16.5. The second kappa shape index (κ2) is 8.16. The molecule has 32 heavy (non-hydrogen) atoms. The van der Waals surface area contributed by atoms with E-state index in [0.717, 1.165) is 34.9 Å². The topological polar surface area (TPSA) is 63.2 Å². The maximum Gasteiger partial charge on any atom is 0.257 e. The van der Waals surface area contributed by atoms with Gasteiger partial charge in [0.25, 0.3) is 5.91 Å². The van der Waals surface area contributed by atoms with Crippen LogP contribution in [0.4, 0.5) is 0 Å². The van der Waals surface area contributed by atoms with Gasteiger partial charge in [-0.05, 0) is 62.0 Å². The van der Waals surface area contributed by atoms with Gasteiger partial charge in [0.1, 0.15) is 17.2 Å². The van der Waals surface area contributed by atoms with Crippen LogP contribution in [0.15, 0.2) is 65.4 Å². The van der Waals surface area contributed by atoms with Gasteiger partial charge in [0.15, 0.2) is 0 Å². The number of ether oxygens (including phenoxy) is 1. The summed E-state index contributed by atoms with van der Waals surface area (Å²) in [6, 6.07) is 15.9. The van der Waals surface area contributed by atoms with Gasteiger partial charge >= 0.3 is 0 Å². The molecule has 7 nitrogen and oxygen atoms in total. The minimum absolute atomic E-state index is 0.0111. The number of pyridine rings is 1. The molecule has 4 heterocycles. The van der Waals surface area contributed by atoms with Crippen molar-refractivity contribution in [2.45, 2.75) is 13.0 Å². The van der Waals surface area contributed by atoms with E-state index in [-0.39, 0.29) is 11.9 Å². The van der Waals surface area contributed by atoms with Crippen molar-refractivity contribution in [2.75, 3.05) is 33.8 Å². The molecule has 1 aliphatic rings. The molecule has 1 saturated heterocycles. The first-order chi connectivity index (χ1) is 15.5. The van der Waals surface area contributed by atoms with Crippen LogP contribution in [0.25, 0.3) is 16.9 Å². The van der Waals surface area contributed by atoms with Gasteiger partial charge in [-0.2, -0.15) is 0 Å². The van der Waals surface area contributed by atoms with Gasteiger partial charge in [-0.25, -0.2) is 4.98 Å². The lowest BCUT2D eigenvalue weighted by Crippen LogP contribution is -2.49. The number of methoxy groups -OCH3 is 1. The van der Waals surface area contributed by atoms with Crippen molar-refractivity contribution in [3.05, 3.63) is 78.0 Å². The Balaban J connectivity index is 1.47. The third-order valence-electron chi connectivity index (χ3n) is 6.26. The number of hydrogen-bond acceptors (Lipinski definition) is 5. The lowest BCUT2D eigenvalue weighted by atomic mass is 10.1. The van der Waals surface area contributed by atoms with E-state index in [9.17, 15) is 4.79 Å². The molecule has 0 N–H and O–H groups in total. The summed E-state index contributed by atoms with van der Waals surface area (Å²) in [5, 5.41) is 0. The Morgan fingerprint density at radius 1 is 1.12 bits per heavy atom. The fourth-order valence-electron chi connectivity index (χ4n) is 4.34. The molecular formula is C25H26N4O3. The van der Waals surface area contributed by atoms with Crippen LogP contribution in [0.2, 0.25) is 0 Å². The van der Waals surface area contributed by atoms with Crippen LogP contribution in [-0.2, 0) is 0 Å². The van der Waals surface area contributed by atoms with Gasteiger partial charge in [0.05, 0.1) is 36.4 Å². The third kappa shape index (κ3) is 3.54. The van der Waals surface area contributed by atoms with Gasteiger partial charge < -0.3 is 14.1 Å². The number of carbonyl (C=O) groups is 1. The van der Waals surface area contributed by atoms with E-state index < -0.39 is 0 Å². The zero-order valence-electron chi connectivity index (χ0n) is 18.5. The number of aryl methyl sites for hydroxylation is 1. The maximum atomic E-state index is 13.0. The van der Waals surface area contributed by atoms with Crippen LogP contribution in [0.3, 0.4) is 0 Å². The van der Waals surface area contributed by atoms with Gasteiger partial charge in [0, 0.05) is 25.8 Å². The monoisotopic (exact) mass is 430 g/mol. The summed E-state index contributed by atoms with van der Waals surface area (Å²) in [6.07, 6.45) is 3.66. The van der Waals surface area contributed by atoms with Crippen LogP contribution in [0, 0.1) is 6.92 Å². The van der Waals surface area contributed by atoms with Crippen molar-refractivity contribution < 1.29 is 13.9 Å². The molecule has 3 aromatic heterocycles. The van der Waals surface area contributed by atoms with Crippen LogP contribution in [0.1, 0.15) is 27.9 Å². The molecule has 1 atom stereocenters. The summed E-state index contributed by atoms with van der Waals surface area (Å²) in [5.74, 6) is 1.49. The molecule has 0 bridgehead atoms. The number of rotatable bonds is 4. The Bertz CT molecular complexity index is 1260. The second-order valence-electron chi connectivity index (χ2n) is 8.17. The first-order valence-electron chi connectivity index (χ1n) is 10.7. The van der Waals surface area contributed by atoms with Crippen molar-refractivity contribution in [2.24, 2.45) is 0 Å². The zero-order valence-corrected chi connectivity index (χ0v) is 18.5. The van der Waals surface area contributed by atoms with E-state index >= 15 is 0 Å². The number of aromatic nitrogens is 2. The molecule has 7 heteroatoms. The molecule has 0 radical (unpaired) electrons. The minimum atomic E-state index is 0.0111. The Hall–Kier alpha value is -3.58. The van der Waals surface area contributed by atoms with Crippen molar-refractivity contribution >= 4 is 11.6 Å². The van der Waals surface area contributed by atoms with E-state index in [4.69, 9.17) is 14.1 Å². The van der Waals surface area contributed by atoms with Gasteiger partial charge in [-0.1, -0.05) is 6.07 Å². The number of hydrogen-bond donors (Lipinski definition) is 0. The maximum absolute atomic E-state index is 13.0. The molecular weight excluding hydrogens is 404 g/mol. The number of amides is 1. The lowest BCUT2D eigenvalue weighted by Gasteiger charge is -2.38. The number of nitrogens with zero attached hydrogens (tertiary/aromatic N) is 4. The highest BCUT2D eigenvalue weighted by Gasteiger charge is 2.31. The number of piperazine rings is 1.